The minimum Gasteiger partial charge on any atom is -0.442 e. The van der Waals surface area contributed by atoms with Gasteiger partial charge in [0.25, 0.3) is 5.91 Å². The highest BCUT2D eigenvalue weighted by Gasteiger charge is 2.36. The molecule has 3 aromatic rings. The second-order valence-electron chi connectivity index (χ2n) is 7.94. The number of carbonyl (C=O) groups excluding carboxylic acids is 2. The van der Waals surface area contributed by atoms with Crippen LogP contribution >= 0.6 is 0 Å². The van der Waals surface area contributed by atoms with Crippen molar-refractivity contribution in [2.45, 2.75) is 31.8 Å². The number of ether oxygens (including phenoxy) is 2. The van der Waals surface area contributed by atoms with Crippen LogP contribution in [0.5, 0.6) is 0 Å². The molecule has 2 atom stereocenters. The van der Waals surface area contributed by atoms with Crippen LogP contribution in [0.1, 0.15) is 12.0 Å². The number of hydrogen-bond acceptors (Lipinski definition) is 6. The van der Waals surface area contributed by atoms with Gasteiger partial charge in [-0.2, -0.15) is 0 Å². The Morgan fingerprint density at radius 1 is 1.12 bits per heavy atom. The normalized spacial score (nSPS) is 20.5. The van der Waals surface area contributed by atoms with Gasteiger partial charge in [0.15, 0.2) is 0 Å². The van der Waals surface area contributed by atoms with E-state index in [-0.39, 0.29) is 18.1 Å². The molecule has 3 heterocycles. The third kappa shape index (κ3) is 4.42. The predicted octanol–water partition coefficient (Wildman–Crippen LogP) is 2.76. The Kier molecular flexibility index (Phi) is 5.74. The molecule has 33 heavy (non-hydrogen) atoms. The van der Waals surface area contributed by atoms with E-state index in [2.05, 4.69) is 10.3 Å². The molecule has 0 spiro atoms. The Morgan fingerprint density at radius 3 is 2.73 bits per heavy atom. The lowest BCUT2D eigenvalue weighted by atomic mass is 10.2. The van der Waals surface area contributed by atoms with Gasteiger partial charge < -0.3 is 14.4 Å². The molecule has 0 N–H and O–H groups in total. The van der Waals surface area contributed by atoms with Crippen LogP contribution in [0, 0.1) is 5.82 Å². The SMILES string of the molecule is O=C1O[C@@H](Cn2ccnn2)CN1c1ccc(N2CCC(OCc3ccccc3)C2=O)c(F)c1. The largest absolute Gasteiger partial charge is 0.442 e. The van der Waals surface area contributed by atoms with E-state index in [4.69, 9.17) is 9.47 Å². The van der Waals surface area contributed by atoms with Gasteiger partial charge in [-0.15, -0.1) is 5.10 Å². The Morgan fingerprint density at radius 2 is 1.97 bits per heavy atom. The maximum atomic E-state index is 15.0. The highest BCUT2D eigenvalue weighted by molar-refractivity contribution is 5.99. The average Bonchev–Trinajstić information content (AvgIpc) is 3.55. The van der Waals surface area contributed by atoms with Crippen LogP contribution in [-0.4, -0.2) is 52.3 Å². The molecule has 2 aromatic carbocycles. The van der Waals surface area contributed by atoms with Gasteiger partial charge in [0.2, 0.25) is 0 Å². The van der Waals surface area contributed by atoms with Gasteiger partial charge in [0, 0.05) is 19.2 Å². The van der Waals surface area contributed by atoms with E-state index in [9.17, 15) is 9.59 Å². The summed E-state index contributed by atoms with van der Waals surface area (Å²) in [4.78, 5) is 27.9. The third-order valence-corrected chi connectivity index (χ3v) is 5.72. The minimum atomic E-state index is -0.615. The van der Waals surface area contributed by atoms with Gasteiger partial charge in [-0.1, -0.05) is 35.5 Å². The molecule has 2 fully saturated rings. The van der Waals surface area contributed by atoms with E-state index < -0.39 is 24.1 Å². The molecule has 2 saturated heterocycles. The number of halogens is 1. The maximum Gasteiger partial charge on any atom is 0.414 e. The van der Waals surface area contributed by atoms with Crippen molar-refractivity contribution in [1.29, 1.82) is 0 Å². The lowest BCUT2D eigenvalue weighted by molar-refractivity contribution is -0.127. The lowest BCUT2D eigenvalue weighted by Gasteiger charge is -2.20. The molecule has 2 aliphatic rings. The summed E-state index contributed by atoms with van der Waals surface area (Å²) in [6.07, 6.45) is 2.10. The fourth-order valence-electron chi connectivity index (χ4n) is 4.07. The van der Waals surface area contributed by atoms with E-state index >= 15 is 4.39 Å². The smallest absolute Gasteiger partial charge is 0.414 e. The quantitative estimate of drug-likeness (QED) is 0.549. The minimum absolute atomic E-state index is 0.168. The molecule has 0 aliphatic carbocycles. The van der Waals surface area contributed by atoms with Gasteiger partial charge in [0.1, 0.15) is 18.0 Å². The number of carbonyl (C=O) groups is 2. The molecule has 10 heteroatoms. The number of hydrogen-bond donors (Lipinski definition) is 0. The van der Waals surface area contributed by atoms with Crippen molar-refractivity contribution < 1.29 is 23.5 Å². The molecule has 2 amide bonds. The van der Waals surface area contributed by atoms with Crippen molar-refractivity contribution in [2.75, 3.05) is 22.9 Å². The molecular formula is C23H22FN5O4. The number of amides is 2. The van der Waals surface area contributed by atoms with Crippen LogP contribution in [0.25, 0.3) is 0 Å². The first-order valence-electron chi connectivity index (χ1n) is 10.7. The summed E-state index contributed by atoms with van der Waals surface area (Å²) >= 11 is 0. The van der Waals surface area contributed by atoms with Gasteiger partial charge in [-0.05, 0) is 23.8 Å². The Balaban J connectivity index is 1.23. The first kappa shape index (κ1) is 21.1. The van der Waals surface area contributed by atoms with Crippen molar-refractivity contribution in [3.63, 3.8) is 0 Å². The van der Waals surface area contributed by atoms with Gasteiger partial charge >= 0.3 is 6.09 Å². The summed E-state index contributed by atoms with van der Waals surface area (Å²) in [5.74, 6) is -0.858. The summed E-state index contributed by atoms with van der Waals surface area (Å²) < 4.78 is 27.7. The standard InChI is InChI=1S/C23H22FN5O4/c24-19-12-17(29-14-18(33-23(29)31)13-27-11-9-25-26-27)6-7-20(19)28-10-8-21(22(28)30)32-15-16-4-2-1-3-5-16/h1-7,9,11-12,18,21H,8,10,13-15H2/t18-,21?/m0/s1. The molecule has 1 unspecified atom stereocenters. The first-order chi connectivity index (χ1) is 16.1. The third-order valence-electron chi connectivity index (χ3n) is 5.72. The number of rotatable bonds is 7. The molecule has 5 rings (SSSR count). The zero-order valence-corrected chi connectivity index (χ0v) is 17.7. The Labute approximate surface area is 189 Å². The summed E-state index contributed by atoms with van der Waals surface area (Å²) in [6, 6.07) is 14.0. The van der Waals surface area contributed by atoms with Gasteiger partial charge in [0.05, 0.1) is 37.3 Å². The summed E-state index contributed by atoms with van der Waals surface area (Å²) in [5, 5.41) is 7.59. The van der Waals surface area contributed by atoms with Crippen LogP contribution in [0.15, 0.2) is 60.9 Å². The van der Waals surface area contributed by atoms with E-state index in [1.54, 1.807) is 23.1 Å². The van der Waals surface area contributed by atoms with E-state index in [0.717, 1.165) is 5.56 Å². The molecule has 170 valence electrons. The van der Waals surface area contributed by atoms with Crippen LogP contribution in [0.4, 0.5) is 20.6 Å². The second-order valence-corrected chi connectivity index (χ2v) is 7.94. The summed E-state index contributed by atoms with van der Waals surface area (Å²) in [7, 11) is 0. The van der Waals surface area contributed by atoms with Gasteiger partial charge in [-0.3, -0.25) is 9.69 Å². The maximum absolute atomic E-state index is 15.0. The number of cyclic esters (lactones) is 1. The van der Waals surface area contributed by atoms with Crippen LogP contribution in [0.3, 0.4) is 0 Å². The molecule has 0 saturated carbocycles. The molecule has 2 aliphatic heterocycles. The first-order valence-corrected chi connectivity index (χ1v) is 10.7. The monoisotopic (exact) mass is 451 g/mol. The lowest BCUT2D eigenvalue weighted by Crippen LogP contribution is -2.31. The predicted molar refractivity (Wildman–Crippen MR) is 116 cm³/mol. The van der Waals surface area contributed by atoms with Crippen molar-refractivity contribution >= 4 is 23.4 Å². The van der Waals surface area contributed by atoms with Crippen molar-refractivity contribution in [2.24, 2.45) is 0 Å². The van der Waals surface area contributed by atoms with Crippen molar-refractivity contribution in [3.05, 3.63) is 72.3 Å². The van der Waals surface area contributed by atoms with Crippen LogP contribution in [-0.2, 0) is 27.4 Å². The van der Waals surface area contributed by atoms with E-state index in [1.807, 2.05) is 30.3 Å². The summed E-state index contributed by atoms with van der Waals surface area (Å²) in [6.45, 7) is 1.30. The zero-order chi connectivity index (χ0) is 22.8. The van der Waals surface area contributed by atoms with Crippen molar-refractivity contribution in [1.82, 2.24) is 15.0 Å². The molecule has 0 radical (unpaired) electrons. The fraction of sp³-hybridized carbons (Fsp3) is 0.304. The number of anilines is 2. The number of benzene rings is 2. The van der Waals surface area contributed by atoms with E-state index in [1.165, 1.54) is 21.9 Å². The van der Waals surface area contributed by atoms with Crippen LogP contribution in [0.2, 0.25) is 0 Å². The highest BCUT2D eigenvalue weighted by atomic mass is 19.1. The van der Waals surface area contributed by atoms with Gasteiger partial charge in [-0.25, -0.2) is 13.9 Å². The van der Waals surface area contributed by atoms with Crippen LogP contribution < -0.4 is 9.80 Å². The molecule has 1 aromatic heterocycles. The Bertz CT molecular complexity index is 1140. The molecule has 0 bridgehead atoms. The Hall–Kier alpha value is -3.79. The van der Waals surface area contributed by atoms with E-state index in [0.29, 0.717) is 31.8 Å². The number of nitrogens with zero attached hydrogens (tertiary/aromatic N) is 5. The molecular weight excluding hydrogens is 429 g/mol. The highest BCUT2D eigenvalue weighted by Crippen LogP contribution is 2.31. The number of aromatic nitrogens is 3. The van der Waals surface area contributed by atoms with Crippen molar-refractivity contribution in [3.8, 4) is 0 Å². The summed E-state index contributed by atoms with van der Waals surface area (Å²) in [5.41, 5.74) is 1.51. The second kappa shape index (κ2) is 8.99. The average molecular weight is 451 g/mol. The zero-order valence-electron chi connectivity index (χ0n) is 17.7. The topological polar surface area (TPSA) is 89.8 Å². The fourth-order valence-corrected chi connectivity index (χ4v) is 4.07. The molecule has 9 nitrogen and oxygen atoms in total.